The summed E-state index contributed by atoms with van der Waals surface area (Å²) in [7, 11) is 0. The van der Waals surface area contributed by atoms with E-state index in [1.54, 1.807) is 13.0 Å². The molecule has 5 heteroatoms. The van der Waals surface area contributed by atoms with Crippen LogP contribution in [0.5, 0.6) is 0 Å². The Labute approximate surface area is 91.1 Å². The van der Waals surface area contributed by atoms with Gasteiger partial charge in [-0.2, -0.15) is 5.26 Å². The van der Waals surface area contributed by atoms with Crippen LogP contribution in [0.4, 0.5) is 0 Å². The molecule has 1 aromatic heterocycles. The van der Waals surface area contributed by atoms with Crippen LogP contribution in [0.15, 0.2) is 12.1 Å². The maximum atomic E-state index is 11.4. The van der Waals surface area contributed by atoms with Crippen LogP contribution < -0.4 is 0 Å². The van der Waals surface area contributed by atoms with Crippen LogP contribution in [-0.2, 0) is 16.0 Å². The highest BCUT2D eigenvalue weighted by Crippen LogP contribution is 2.17. The number of rotatable bonds is 4. The van der Waals surface area contributed by atoms with Gasteiger partial charge in [-0.05, 0) is 19.1 Å². The predicted molar refractivity (Wildman–Crippen MR) is 54.6 cm³/mol. The van der Waals surface area contributed by atoms with Crippen molar-refractivity contribution in [2.45, 2.75) is 13.3 Å². The molecule has 78 valence electrons. The molecular weight excluding hydrogens is 214 g/mol. The van der Waals surface area contributed by atoms with Crippen LogP contribution in [0, 0.1) is 11.3 Å². The van der Waals surface area contributed by atoms with E-state index in [4.69, 9.17) is 5.26 Å². The van der Waals surface area contributed by atoms with Gasteiger partial charge >= 0.3 is 5.97 Å². The van der Waals surface area contributed by atoms with Crippen molar-refractivity contribution in [3.05, 3.63) is 21.9 Å². The summed E-state index contributed by atoms with van der Waals surface area (Å²) >= 11 is 1.15. The first kappa shape index (κ1) is 11.4. The SMILES string of the molecule is CCOC(=O)C(=O)c1ccc(CC#N)s1. The summed E-state index contributed by atoms with van der Waals surface area (Å²) < 4.78 is 4.58. The normalized spacial score (nSPS) is 9.33. The van der Waals surface area contributed by atoms with Gasteiger partial charge in [0, 0.05) is 4.88 Å². The fourth-order valence-corrected chi connectivity index (χ4v) is 1.84. The molecule has 0 amide bonds. The number of carbonyl (C=O) groups excluding carboxylic acids is 2. The highest BCUT2D eigenvalue weighted by Gasteiger charge is 2.19. The number of nitriles is 1. The lowest BCUT2D eigenvalue weighted by atomic mass is 10.3. The lowest BCUT2D eigenvalue weighted by Crippen LogP contribution is -2.16. The molecule has 0 aliphatic rings. The molecule has 0 bridgehead atoms. The topological polar surface area (TPSA) is 67.2 Å². The molecule has 0 N–H and O–H groups in total. The highest BCUT2D eigenvalue weighted by molar-refractivity contribution is 7.14. The van der Waals surface area contributed by atoms with E-state index < -0.39 is 11.8 Å². The van der Waals surface area contributed by atoms with E-state index in [-0.39, 0.29) is 13.0 Å². The molecule has 0 atom stereocenters. The fraction of sp³-hybridized carbons (Fsp3) is 0.300. The minimum absolute atomic E-state index is 0.182. The van der Waals surface area contributed by atoms with E-state index in [0.29, 0.717) is 4.88 Å². The van der Waals surface area contributed by atoms with E-state index in [1.807, 2.05) is 6.07 Å². The first-order chi connectivity index (χ1) is 7.19. The monoisotopic (exact) mass is 223 g/mol. The van der Waals surface area contributed by atoms with E-state index >= 15 is 0 Å². The lowest BCUT2D eigenvalue weighted by Gasteiger charge is -1.97. The van der Waals surface area contributed by atoms with Gasteiger partial charge in [0.25, 0.3) is 5.78 Å². The van der Waals surface area contributed by atoms with Crippen LogP contribution in [0.2, 0.25) is 0 Å². The predicted octanol–water partition coefficient (Wildman–Crippen LogP) is 1.56. The summed E-state index contributed by atoms with van der Waals surface area (Å²) in [4.78, 5) is 23.6. The molecule has 0 aliphatic heterocycles. The van der Waals surface area contributed by atoms with Crippen molar-refractivity contribution in [2.75, 3.05) is 6.61 Å². The van der Waals surface area contributed by atoms with Crippen LogP contribution >= 0.6 is 11.3 Å². The maximum absolute atomic E-state index is 11.4. The van der Waals surface area contributed by atoms with Crippen LogP contribution in [-0.4, -0.2) is 18.4 Å². The van der Waals surface area contributed by atoms with E-state index in [9.17, 15) is 9.59 Å². The third-order valence-electron chi connectivity index (χ3n) is 1.60. The molecule has 1 rings (SSSR count). The Balaban J connectivity index is 2.75. The number of hydrogen-bond acceptors (Lipinski definition) is 5. The van der Waals surface area contributed by atoms with Gasteiger partial charge in [-0.3, -0.25) is 4.79 Å². The summed E-state index contributed by atoms with van der Waals surface area (Å²) in [5.74, 6) is -1.49. The Morgan fingerprint density at radius 1 is 1.53 bits per heavy atom. The molecule has 1 aromatic rings. The smallest absolute Gasteiger partial charge is 0.380 e. The first-order valence-electron chi connectivity index (χ1n) is 4.36. The van der Waals surface area contributed by atoms with Crippen molar-refractivity contribution in [1.82, 2.24) is 0 Å². The minimum atomic E-state index is -0.845. The molecule has 0 unspecified atom stereocenters. The second kappa shape index (κ2) is 5.27. The number of carbonyl (C=O) groups is 2. The Hall–Kier alpha value is -1.67. The van der Waals surface area contributed by atoms with Crippen LogP contribution in [0.1, 0.15) is 21.5 Å². The molecule has 0 aliphatic carbocycles. The summed E-state index contributed by atoms with van der Waals surface area (Å²) in [6.07, 6.45) is 0.251. The van der Waals surface area contributed by atoms with Crippen molar-refractivity contribution in [3.63, 3.8) is 0 Å². The number of nitrogens with zero attached hydrogens (tertiary/aromatic N) is 1. The van der Waals surface area contributed by atoms with Gasteiger partial charge in [0.1, 0.15) is 0 Å². The van der Waals surface area contributed by atoms with Gasteiger partial charge in [0.05, 0.1) is 24.0 Å². The van der Waals surface area contributed by atoms with Gasteiger partial charge in [-0.1, -0.05) is 0 Å². The molecule has 0 saturated heterocycles. The number of ketones is 1. The zero-order chi connectivity index (χ0) is 11.3. The summed E-state index contributed by atoms with van der Waals surface area (Å²) in [5.41, 5.74) is 0. The van der Waals surface area contributed by atoms with Crippen molar-refractivity contribution >= 4 is 23.1 Å². The van der Waals surface area contributed by atoms with Crippen molar-refractivity contribution in [1.29, 1.82) is 5.26 Å². The highest BCUT2D eigenvalue weighted by atomic mass is 32.1. The molecular formula is C10H9NO3S. The third kappa shape index (κ3) is 2.89. The number of Topliss-reactive ketones (excluding diaryl/α,β-unsaturated/α-hetero) is 1. The number of thiophene rings is 1. The van der Waals surface area contributed by atoms with Gasteiger partial charge in [-0.25, -0.2) is 4.79 Å². The quantitative estimate of drug-likeness (QED) is 0.441. The standard InChI is InChI=1S/C10H9NO3S/c1-2-14-10(13)9(12)8-4-3-7(15-8)5-6-11/h3-4H,2,5H2,1H3. The number of esters is 1. The molecule has 1 heterocycles. The molecule has 4 nitrogen and oxygen atoms in total. The summed E-state index contributed by atoms with van der Waals surface area (Å²) in [6.45, 7) is 1.82. The van der Waals surface area contributed by atoms with Crippen molar-refractivity contribution < 1.29 is 14.3 Å². The van der Waals surface area contributed by atoms with Gasteiger partial charge in [0.2, 0.25) is 0 Å². The van der Waals surface area contributed by atoms with Crippen molar-refractivity contribution in [3.8, 4) is 6.07 Å². The lowest BCUT2D eigenvalue weighted by molar-refractivity contribution is -0.137. The molecule has 0 radical (unpaired) electrons. The zero-order valence-electron chi connectivity index (χ0n) is 8.15. The maximum Gasteiger partial charge on any atom is 0.380 e. The van der Waals surface area contributed by atoms with E-state index in [0.717, 1.165) is 16.2 Å². The summed E-state index contributed by atoms with van der Waals surface area (Å²) in [5, 5.41) is 8.44. The molecule has 0 aromatic carbocycles. The van der Waals surface area contributed by atoms with Gasteiger partial charge in [0.15, 0.2) is 0 Å². The number of ether oxygens (including phenoxy) is 1. The second-order valence-corrected chi connectivity index (χ2v) is 3.82. The zero-order valence-corrected chi connectivity index (χ0v) is 8.97. The molecule has 0 fully saturated rings. The van der Waals surface area contributed by atoms with E-state index in [2.05, 4.69) is 4.74 Å². The Bertz CT molecular complexity index is 417. The average molecular weight is 223 g/mol. The Morgan fingerprint density at radius 2 is 2.27 bits per heavy atom. The average Bonchev–Trinajstić information content (AvgIpc) is 2.66. The van der Waals surface area contributed by atoms with Crippen LogP contribution in [0.25, 0.3) is 0 Å². The fourth-order valence-electron chi connectivity index (χ4n) is 0.970. The first-order valence-corrected chi connectivity index (χ1v) is 5.17. The second-order valence-electron chi connectivity index (χ2n) is 2.65. The Morgan fingerprint density at radius 3 is 2.87 bits per heavy atom. The molecule has 15 heavy (non-hydrogen) atoms. The minimum Gasteiger partial charge on any atom is -0.460 e. The Kier molecular flexibility index (Phi) is 4.01. The molecule has 0 spiro atoms. The summed E-state index contributed by atoms with van der Waals surface area (Å²) in [6, 6.07) is 5.18. The van der Waals surface area contributed by atoms with E-state index in [1.165, 1.54) is 6.07 Å². The number of hydrogen-bond donors (Lipinski definition) is 0. The van der Waals surface area contributed by atoms with Crippen molar-refractivity contribution in [2.24, 2.45) is 0 Å². The molecule has 0 saturated carbocycles. The van der Waals surface area contributed by atoms with Crippen LogP contribution in [0.3, 0.4) is 0 Å². The van der Waals surface area contributed by atoms with Gasteiger partial charge < -0.3 is 4.74 Å². The third-order valence-corrected chi connectivity index (χ3v) is 2.68. The van der Waals surface area contributed by atoms with Gasteiger partial charge in [-0.15, -0.1) is 11.3 Å². The largest absolute Gasteiger partial charge is 0.460 e.